The van der Waals surface area contributed by atoms with Crippen LogP contribution in [-0.2, 0) is 4.74 Å². The van der Waals surface area contributed by atoms with Gasteiger partial charge in [0.05, 0.1) is 6.10 Å². The summed E-state index contributed by atoms with van der Waals surface area (Å²) in [6, 6.07) is 0. The van der Waals surface area contributed by atoms with E-state index in [4.69, 9.17) is 4.74 Å². The average molecular weight is 228 g/mol. The third-order valence-electron chi connectivity index (χ3n) is 3.82. The predicted molar refractivity (Wildman–Crippen MR) is 68.8 cm³/mol. The second-order valence-electron chi connectivity index (χ2n) is 5.33. The van der Waals surface area contributed by atoms with Gasteiger partial charge in [-0.05, 0) is 24.8 Å². The van der Waals surface area contributed by atoms with Crippen molar-refractivity contribution >= 4 is 0 Å². The first kappa shape index (κ1) is 13.9. The van der Waals surface area contributed by atoms with Crippen LogP contribution in [0.1, 0.15) is 33.6 Å². The zero-order valence-corrected chi connectivity index (χ0v) is 11.4. The van der Waals surface area contributed by atoms with E-state index in [2.05, 4.69) is 31.0 Å². The number of ether oxygens (including phenoxy) is 1. The summed E-state index contributed by atoms with van der Waals surface area (Å²) in [7, 11) is 1.83. The van der Waals surface area contributed by atoms with Crippen molar-refractivity contribution in [3.63, 3.8) is 0 Å². The molecule has 1 aliphatic heterocycles. The summed E-state index contributed by atoms with van der Waals surface area (Å²) in [5.41, 5.74) is 0.401. The topological polar surface area (TPSA) is 24.5 Å². The minimum Gasteiger partial charge on any atom is -0.380 e. The fourth-order valence-electron chi connectivity index (χ4n) is 2.39. The van der Waals surface area contributed by atoms with E-state index in [0.29, 0.717) is 11.5 Å². The molecule has 2 unspecified atom stereocenters. The summed E-state index contributed by atoms with van der Waals surface area (Å²) < 4.78 is 5.41. The predicted octanol–water partition coefficient (Wildman–Crippen LogP) is 1.73. The molecule has 0 aromatic rings. The summed E-state index contributed by atoms with van der Waals surface area (Å²) in [5.74, 6) is 0. The molecule has 0 aromatic heterocycles. The Hall–Kier alpha value is -0.120. The van der Waals surface area contributed by atoms with E-state index >= 15 is 0 Å². The van der Waals surface area contributed by atoms with Gasteiger partial charge in [-0.2, -0.15) is 0 Å². The Labute approximate surface area is 101 Å². The monoisotopic (exact) mass is 228 g/mol. The maximum atomic E-state index is 5.41. The average Bonchev–Trinajstić information content (AvgIpc) is 2.74. The van der Waals surface area contributed by atoms with Crippen LogP contribution < -0.4 is 5.32 Å². The quantitative estimate of drug-likeness (QED) is 0.718. The molecule has 0 saturated carbocycles. The molecule has 3 heteroatoms. The first-order chi connectivity index (χ1) is 7.63. The molecule has 1 fully saturated rings. The molecule has 0 bridgehead atoms. The number of hydrogen-bond donors (Lipinski definition) is 1. The molecule has 96 valence electrons. The Morgan fingerprint density at radius 3 is 2.69 bits per heavy atom. The molecule has 16 heavy (non-hydrogen) atoms. The van der Waals surface area contributed by atoms with Crippen LogP contribution in [0.25, 0.3) is 0 Å². The number of nitrogens with zero attached hydrogens (tertiary/aromatic N) is 1. The smallest absolute Gasteiger partial charge is 0.0710 e. The SMILES string of the molecule is CCNCC(C)(CC)CN1CCC(OC)C1. The molecule has 0 spiro atoms. The Kier molecular flexibility index (Phi) is 5.73. The van der Waals surface area contributed by atoms with Gasteiger partial charge < -0.3 is 15.0 Å². The Morgan fingerprint density at radius 2 is 2.19 bits per heavy atom. The lowest BCUT2D eigenvalue weighted by atomic mass is 9.87. The van der Waals surface area contributed by atoms with Crippen molar-refractivity contribution in [2.24, 2.45) is 5.41 Å². The van der Waals surface area contributed by atoms with E-state index in [9.17, 15) is 0 Å². The van der Waals surface area contributed by atoms with Gasteiger partial charge in [0.15, 0.2) is 0 Å². The molecule has 0 amide bonds. The van der Waals surface area contributed by atoms with E-state index in [1.54, 1.807) is 0 Å². The molecule has 0 radical (unpaired) electrons. The lowest BCUT2D eigenvalue weighted by Gasteiger charge is -2.33. The molecule has 3 nitrogen and oxygen atoms in total. The van der Waals surface area contributed by atoms with Gasteiger partial charge in [0, 0.05) is 33.3 Å². The first-order valence-electron chi connectivity index (χ1n) is 6.59. The summed E-state index contributed by atoms with van der Waals surface area (Å²) >= 11 is 0. The van der Waals surface area contributed by atoms with Crippen LogP contribution in [0.3, 0.4) is 0 Å². The molecule has 1 N–H and O–H groups in total. The van der Waals surface area contributed by atoms with E-state index in [1.165, 1.54) is 25.9 Å². The summed E-state index contributed by atoms with van der Waals surface area (Å²) in [6.07, 6.45) is 2.88. The molecule has 0 aromatic carbocycles. The molecule has 1 saturated heterocycles. The zero-order valence-electron chi connectivity index (χ0n) is 11.4. The molecular weight excluding hydrogens is 200 g/mol. The normalized spacial score (nSPS) is 25.9. The maximum Gasteiger partial charge on any atom is 0.0710 e. The Bertz CT molecular complexity index is 198. The van der Waals surface area contributed by atoms with Gasteiger partial charge in [0.25, 0.3) is 0 Å². The van der Waals surface area contributed by atoms with Crippen molar-refractivity contribution < 1.29 is 4.74 Å². The molecule has 0 aliphatic carbocycles. The molecule has 1 heterocycles. The second kappa shape index (κ2) is 6.58. The van der Waals surface area contributed by atoms with Crippen LogP contribution in [0, 0.1) is 5.41 Å². The second-order valence-corrected chi connectivity index (χ2v) is 5.33. The van der Waals surface area contributed by atoms with Crippen molar-refractivity contribution in [1.29, 1.82) is 0 Å². The van der Waals surface area contributed by atoms with Crippen LogP contribution in [0.5, 0.6) is 0 Å². The van der Waals surface area contributed by atoms with Crippen LogP contribution in [0.2, 0.25) is 0 Å². The van der Waals surface area contributed by atoms with Crippen molar-refractivity contribution in [3.05, 3.63) is 0 Å². The Morgan fingerprint density at radius 1 is 1.44 bits per heavy atom. The number of methoxy groups -OCH3 is 1. The maximum absolute atomic E-state index is 5.41. The lowest BCUT2D eigenvalue weighted by Crippen LogP contribution is -2.41. The number of hydrogen-bond acceptors (Lipinski definition) is 3. The molecule has 1 rings (SSSR count). The van der Waals surface area contributed by atoms with Crippen LogP contribution in [0.4, 0.5) is 0 Å². The van der Waals surface area contributed by atoms with Crippen LogP contribution in [0.15, 0.2) is 0 Å². The van der Waals surface area contributed by atoms with E-state index < -0.39 is 0 Å². The van der Waals surface area contributed by atoms with Crippen molar-refractivity contribution in [3.8, 4) is 0 Å². The van der Waals surface area contributed by atoms with Crippen molar-refractivity contribution in [2.75, 3.05) is 39.8 Å². The molecule has 2 atom stereocenters. The highest BCUT2D eigenvalue weighted by molar-refractivity contribution is 4.84. The van der Waals surface area contributed by atoms with Crippen LogP contribution in [-0.4, -0.2) is 50.8 Å². The number of likely N-dealkylation sites (tertiary alicyclic amines) is 1. The lowest BCUT2D eigenvalue weighted by molar-refractivity contribution is 0.0982. The largest absolute Gasteiger partial charge is 0.380 e. The van der Waals surface area contributed by atoms with Crippen molar-refractivity contribution in [2.45, 2.75) is 39.7 Å². The van der Waals surface area contributed by atoms with E-state index in [-0.39, 0.29) is 0 Å². The van der Waals surface area contributed by atoms with Gasteiger partial charge in [-0.25, -0.2) is 0 Å². The molecule has 1 aliphatic rings. The van der Waals surface area contributed by atoms with Gasteiger partial charge in [0.1, 0.15) is 0 Å². The first-order valence-corrected chi connectivity index (χ1v) is 6.59. The summed E-state index contributed by atoms with van der Waals surface area (Å²) in [5, 5.41) is 3.48. The Balaban J connectivity index is 2.37. The van der Waals surface area contributed by atoms with E-state index in [0.717, 1.165) is 19.6 Å². The zero-order chi connectivity index (χ0) is 12.0. The minimum absolute atomic E-state index is 0.401. The van der Waals surface area contributed by atoms with Gasteiger partial charge >= 0.3 is 0 Å². The standard InChI is InChI=1S/C13H28N2O/c1-5-13(3,10-14-6-2)11-15-8-7-12(9-15)16-4/h12,14H,5-11H2,1-4H3. The van der Waals surface area contributed by atoms with Crippen LogP contribution >= 0.6 is 0 Å². The fraction of sp³-hybridized carbons (Fsp3) is 1.00. The number of rotatable bonds is 7. The van der Waals surface area contributed by atoms with Gasteiger partial charge in [-0.1, -0.05) is 20.8 Å². The fourth-order valence-corrected chi connectivity index (χ4v) is 2.39. The van der Waals surface area contributed by atoms with Gasteiger partial charge in [-0.3, -0.25) is 0 Å². The minimum atomic E-state index is 0.401. The number of nitrogens with one attached hydrogen (secondary N) is 1. The van der Waals surface area contributed by atoms with E-state index in [1.807, 2.05) is 7.11 Å². The summed E-state index contributed by atoms with van der Waals surface area (Å²) in [4.78, 5) is 2.55. The van der Waals surface area contributed by atoms with Crippen molar-refractivity contribution in [1.82, 2.24) is 10.2 Å². The highest BCUT2D eigenvalue weighted by Gasteiger charge is 2.29. The third-order valence-corrected chi connectivity index (χ3v) is 3.82. The van der Waals surface area contributed by atoms with Gasteiger partial charge in [0.2, 0.25) is 0 Å². The summed E-state index contributed by atoms with van der Waals surface area (Å²) in [6.45, 7) is 12.5. The van der Waals surface area contributed by atoms with Gasteiger partial charge in [-0.15, -0.1) is 0 Å². The molecular formula is C13H28N2O. The third kappa shape index (κ3) is 4.04. The highest BCUT2D eigenvalue weighted by atomic mass is 16.5. The highest BCUT2D eigenvalue weighted by Crippen LogP contribution is 2.24.